The maximum absolute atomic E-state index is 6.57. The predicted octanol–water partition coefficient (Wildman–Crippen LogP) is 7.64. The lowest BCUT2D eigenvalue weighted by Gasteiger charge is -2.22. The molecule has 5 heteroatoms. The Balaban J connectivity index is 2.13. The number of ether oxygens (including phenoxy) is 1. The van der Waals surface area contributed by atoms with E-state index in [-0.39, 0.29) is 6.10 Å². The van der Waals surface area contributed by atoms with E-state index in [9.17, 15) is 0 Å². The quantitative estimate of drug-likeness (QED) is 0.320. The van der Waals surface area contributed by atoms with Gasteiger partial charge in [-0.3, -0.25) is 0 Å². The zero-order valence-corrected chi connectivity index (χ0v) is 20.7. The molecule has 2 aromatic rings. The summed E-state index contributed by atoms with van der Waals surface area (Å²) in [7, 11) is 1.69. The first kappa shape index (κ1) is 25.3. The van der Waals surface area contributed by atoms with E-state index in [2.05, 4.69) is 55.7 Å². The predicted molar refractivity (Wildman–Crippen MR) is 138 cm³/mol. The molecule has 0 saturated carbocycles. The molecule has 0 aliphatic heterocycles. The second-order valence-corrected chi connectivity index (χ2v) is 7.97. The van der Waals surface area contributed by atoms with Crippen molar-refractivity contribution in [3.63, 3.8) is 0 Å². The molecule has 0 spiro atoms. The number of hydrogen-bond donors (Lipinski definition) is 0. The molecule has 31 heavy (non-hydrogen) atoms. The number of benzene rings is 2. The molecule has 3 nitrogen and oxygen atoms in total. The van der Waals surface area contributed by atoms with Crippen LogP contribution in [0.15, 0.2) is 54.6 Å². The third-order valence-corrected chi connectivity index (χ3v) is 6.11. The van der Waals surface area contributed by atoms with Gasteiger partial charge < -0.3 is 14.5 Å². The first-order valence-electron chi connectivity index (χ1n) is 10.9. The highest BCUT2D eigenvalue weighted by atomic mass is 35.5. The van der Waals surface area contributed by atoms with Gasteiger partial charge in [-0.25, -0.2) is 0 Å². The molecule has 168 valence electrons. The number of methoxy groups -OCH3 is 1. The van der Waals surface area contributed by atoms with Crippen molar-refractivity contribution in [3.8, 4) is 0 Å². The van der Waals surface area contributed by atoms with Crippen molar-refractivity contribution < 1.29 is 4.74 Å². The average Bonchev–Trinajstić information content (AvgIpc) is 2.77. The molecular weight excluding hydrogens is 427 g/mol. The van der Waals surface area contributed by atoms with Crippen molar-refractivity contribution in [1.29, 1.82) is 0 Å². The van der Waals surface area contributed by atoms with E-state index in [1.807, 2.05) is 42.5 Å². The van der Waals surface area contributed by atoms with Gasteiger partial charge in [-0.1, -0.05) is 59.6 Å². The molecule has 0 bridgehead atoms. The highest BCUT2D eigenvalue weighted by Gasteiger charge is 2.13. The Labute approximate surface area is 197 Å². The third-order valence-electron chi connectivity index (χ3n) is 5.46. The molecule has 0 saturated heterocycles. The lowest BCUT2D eigenvalue weighted by molar-refractivity contribution is 0.143. The molecule has 0 N–H and O–H groups in total. The van der Waals surface area contributed by atoms with Crippen LogP contribution in [-0.2, 0) is 4.74 Å². The molecule has 0 amide bonds. The summed E-state index contributed by atoms with van der Waals surface area (Å²) in [6, 6.07) is 12.3. The number of anilines is 2. The van der Waals surface area contributed by atoms with Crippen LogP contribution in [0.25, 0.3) is 6.08 Å². The van der Waals surface area contributed by atoms with E-state index in [0.717, 1.165) is 53.7 Å². The summed E-state index contributed by atoms with van der Waals surface area (Å²) in [6.07, 6.45) is 7.72. The summed E-state index contributed by atoms with van der Waals surface area (Å²) in [5.74, 6) is 0. The van der Waals surface area contributed by atoms with E-state index in [0.29, 0.717) is 5.02 Å². The third kappa shape index (κ3) is 6.77. The Kier molecular flexibility index (Phi) is 10.5. The monoisotopic (exact) mass is 460 g/mol. The number of hydrogen-bond acceptors (Lipinski definition) is 3. The normalized spacial score (nSPS) is 12.6. The van der Waals surface area contributed by atoms with Crippen LogP contribution in [0.5, 0.6) is 0 Å². The molecule has 0 fully saturated rings. The maximum Gasteiger partial charge on any atom is 0.102 e. The van der Waals surface area contributed by atoms with Crippen LogP contribution in [0.2, 0.25) is 10.0 Å². The van der Waals surface area contributed by atoms with Crippen molar-refractivity contribution in [2.45, 2.75) is 33.8 Å². The summed E-state index contributed by atoms with van der Waals surface area (Å²) >= 11 is 13.1. The first-order chi connectivity index (χ1) is 15.0. The van der Waals surface area contributed by atoms with Crippen molar-refractivity contribution in [2.24, 2.45) is 0 Å². The van der Waals surface area contributed by atoms with Gasteiger partial charge in [-0.15, -0.1) is 0 Å². The summed E-state index contributed by atoms with van der Waals surface area (Å²) in [5.41, 5.74) is 4.20. The van der Waals surface area contributed by atoms with E-state index in [1.165, 1.54) is 0 Å². The minimum absolute atomic E-state index is 0.219. The van der Waals surface area contributed by atoms with Crippen LogP contribution in [0.4, 0.5) is 11.4 Å². The first-order valence-corrected chi connectivity index (χ1v) is 11.7. The minimum atomic E-state index is -0.219. The lowest BCUT2D eigenvalue weighted by Crippen LogP contribution is -2.21. The van der Waals surface area contributed by atoms with Crippen molar-refractivity contribution in [2.75, 3.05) is 43.1 Å². The summed E-state index contributed by atoms with van der Waals surface area (Å²) in [6.45, 7) is 12.4. The van der Waals surface area contributed by atoms with Gasteiger partial charge in [-0.2, -0.15) is 0 Å². The van der Waals surface area contributed by atoms with E-state index >= 15 is 0 Å². The molecule has 0 heterocycles. The standard InChI is InChI=1S/C26H34Cl2N2O/c1-6-29(7-2)21-15-14-20(24(27)18-21)12-10-11-13-26(31-5)23-17-16-22(19-25(23)28)30(8-3)9-4/h10-19,26H,6-9H2,1-5H3. The van der Waals surface area contributed by atoms with Crippen molar-refractivity contribution >= 4 is 40.7 Å². The number of rotatable bonds is 11. The summed E-state index contributed by atoms with van der Waals surface area (Å²) < 4.78 is 5.66. The zero-order chi connectivity index (χ0) is 22.8. The lowest BCUT2D eigenvalue weighted by atomic mass is 10.1. The van der Waals surface area contributed by atoms with E-state index in [4.69, 9.17) is 27.9 Å². The van der Waals surface area contributed by atoms with E-state index < -0.39 is 0 Å². The highest BCUT2D eigenvalue weighted by Crippen LogP contribution is 2.30. The molecule has 1 unspecified atom stereocenters. The second kappa shape index (κ2) is 12.8. The molecular formula is C26H34Cl2N2O. The summed E-state index contributed by atoms with van der Waals surface area (Å²) in [4.78, 5) is 4.54. The van der Waals surface area contributed by atoms with Crippen LogP contribution in [0.1, 0.15) is 44.9 Å². The van der Waals surface area contributed by atoms with Crippen LogP contribution >= 0.6 is 23.2 Å². The van der Waals surface area contributed by atoms with Gasteiger partial charge >= 0.3 is 0 Å². The number of allylic oxidation sites excluding steroid dienone is 2. The van der Waals surface area contributed by atoms with Crippen molar-refractivity contribution in [1.82, 2.24) is 0 Å². The van der Waals surface area contributed by atoms with Gasteiger partial charge in [0.2, 0.25) is 0 Å². The Morgan fingerprint density at radius 1 is 0.806 bits per heavy atom. The Morgan fingerprint density at radius 3 is 1.84 bits per heavy atom. The fourth-order valence-corrected chi connectivity index (χ4v) is 4.12. The fraction of sp³-hybridized carbons (Fsp3) is 0.385. The number of halogens is 2. The van der Waals surface area contributed by atoms with Gasteiger partial charge in [0.1, 0.15) is 6.10 Å². The molecule has 0 aliphatic carbocycles. The second-order valence-electron chi connectivity index (χ2n) is 7.16. The van der Waals surface area contributed by atoms with Crippen LogP contribution < -0.4 is 9.80 Å². The van der Waals surface area contributed by atoms with Crippen LogP contribution in [-0.4, -0.2) is 33.3 Å². The highest BCUT2D eigenvalue weighted by molar-refractivity contribution is 6.32. The molecule has 1 atom stereocenters. The van der Waals surface area contributed by atoms with Crippen LogP contribution in [0, 0.1) is 0 Å². The zero-order valence-electron chi connectivity index (χ0n) is 19.2. The van der Waals surface area contributed by atoms with E-state index in [1.54, 1.807) is 7.11 Å². The average molecular weight is 461 g/mol. The van der Waals surface area contributed by atoms with Gasteiger partial charge in [0.15, 0.2) is 0 Å². The van der Waals surface area contributed by atoms with Gasteiger partial charge in [0.25, 0.3) is 0 Å². The van der Waals surface area contributed by atoms with Crippen LogP contribution in [0.3, 0.4) is 0 Å². The summed E-state index contributed by atoms with van der Waals surface area (Å²) in [5, 5.41) is 1.45. The Hall–Kier alpha value is -1.94. The smallest absolute Gasteiger partial charge is 0.102 e. The van der Waals surface area contributed by atoms with Gasteiger partial charge in [0.05, 0.1) is 0 Å². The van der Waals surface area contributed by atoms with Crippen molar-refractivity contribution in [3.05, 3.63) is 75.8 Å². The SMILES string of the molecule is CCN(CC)c1ccc(C=CC=CC(OC)c2ccc(N(CC)CC)cc2Cl)c(Cl)c1. The Morgan fingerprint density at radius 2 is 1.35 bits per heavy atom. The molecule has 2 aromatic carbocycles. The molecule has 2 rings (SSSR count). The molecule has 0 aromatic heterocycles. The number of nitrogens with zero attached hydrogens (tertiary/aromatic N) is 2. The molecule has 0 radical (unpaired) electrons. The van der Waals surface area contributed by atoms with Gasteiger partial charge in [-0.05, 0) is 57.5 Å². The maximum atomic E-state index is 6.57. The fourth-order valence-electron chi connectivity index (χ4n) is 3.60. The largest absolute Gasteiger partial charge is 0.373 e. The molecule has 0 aliphatic rings. The topological polar surface area (TPSA) is 15.7 Å². The van der Waals surface area contributed by atoms with Gasteiger partial charge in [0, 0.05) is 60.3 Å². The Bertz CT molecular complexity index is 887. The minimum Gasteiger partial charge on any atom is -0.373 e.